The Kier molecular flexibility index (Phi) is 6.12. The number of rotatable bonds is 6. The summed E-state index contributed by atoms with van der Waals surface area (Å²) in [6.45, 7) is 3.35. The molecule has 0 aliphatic rings. The number of carbonyl (C=O) groups is 1. The van der Waals surface area contributed by atoms with Crippen molar-refractivity contribution in [3.05, 3.63) is 101 Å². The van der Waals surface area contributed by atoms with Crippen molar-refractivity contribution >= 4 is 17.5 Å². The molecule has 0 saturated carbocycles. The molecule has 0 saturated heterocycles. The summed E-state index contributed by atoms with van der Waals surface area (Å²) in [6, 6.07) is 24.8. The highest BCUT2D eigenvalue weighted by Gasteiger charge is 2.27. The van der Waals surface area contributed by atoms with Gasteiger partial charge in [-0.2, -0.15) is 0 Å². The molecule has 1 unspecified atom stereocenters. The van der Waals surface area contributed by atoms with Crippen LogP contribution in [0.4, 0.5) is 0 Å². The molecule has 1 aromatic heterocycles. The highest BCUT2D eigenvalue weighted by molar-refractivity contribution is 6.33. The van der Waals surface area contributed by atoms with Gasteiger partial charge in [-0.1, -0.05) is 89.6 Å². The van der Waals surface area contributed by atoms with E-state index in [9.17, 15) is 9.90 Å². The fraction of sp³-hybridized carbons (Fsp3) is 0.154. The maximum absolute atomic E-state index is 13.0. The quantitative estimate of drug-likeness (QED) is 0.403. The number of aliphatic hydroxyl groups is 1. The van der Waals surface area contributed by atoms with Crippen molar-refractivity contribution in [2.24, 2.45) is 0 Å². The number of amides is 1. The zero-order chi connectivity index (χ0) is 22.7. The van der Waals surface area contributed by atoms with Crippen molar-refractivity contribution in [1.29, 1.82) is 0 Å². The molecule has 0 radical (unpaired) electrons. The molecule has 2 N–H and O–H groups in total. The molecule has 1 amide bonds. The molecule has 1 atom stereocenters. The average molecular weight is 447 g/mol. The van der Waals surface area contributed by atoms with E-state index in [4.69, 9.17) is 16.1 Å². The minimum Gasteiger partial charge on any atom is -0.384 e. The Labute approximate surface area is 191 Å². The third-order valence-electron chi connectivity index (χ3n) is 5.43. The van der Waals surface area contributed by atoms with Crippen LogP contribution in [-0.2, 0) is 5.60 Å². The molecule has 0 aliphatic heterocycles. The van der Waals surface area contributed by atoms with Gasteiger partial charge in [0, 0.05) is 5.56 Å². The summed E-state index contributed by atoms with van der Waals surface area (Å²) in [6.07, 6.45) is 0. The first kappa shape index (κ1) is 21.8. The molecule has 0 fully saturated rings. The van der Waals surface area contributed by atoms with E-state index in [2.05, 4.69) is 10.5 Å². The van der Waals surface area contributed by atoms with Gasteiger partial charge in [-0.05, 0) is 36.6 Å². The molecule has 1 heterocycles. The predicted molar refractivity (Wildman–Crippen MR) is 125 cm³/mol. The first-order valence-electron chi connectivity index (χ1n) is 10.2. The Balaban J connectivity index is 1.51. The number of carbonyl (C=O) groups excluding carboxylic acids is 1. The Bertz CT molecular complexity index is 1230. The van der Waals surface area contributed by atoms with Gasteiger partial charge in [-0.3, -0.25) is 4.79 Å². The molecule has 6 heteroatoms. The van der Waals surface area contributed by atoms with Gasteiger partial charge in [-0.15, -0.1) is 0 Å². The van der Waals surface area contributed by atoms with E-state index in [1.165, 1.54) is 0 Å². The number of nitrogens with one attached hydrogen (secondary N) is 1. The van der Waals surface area contributed by atoms with Gasteiger partial charge in [0.1, 0.15) is 22.6 Å². The summed E-state index contributed by atoms with van der Waals surface area (Å²) >= 11 is 6.28. The van der Waals surface area contributed by atoms with E-state index in [0.717, 1.165) is 11.1 Å². The Morgan fingerprint density at radius 3 is 2.31 bits per heavy atom. The van der Waals surface area contributed by atoms with Crippen LogP contribution in [0.5, 0.6) is 0 Å². The zero-order valence-electron chi connectivity index (χ0n) is 17.8. The lowest BCUT2D eigenvalue weighted by atomic mass is 9.93. The monoisotopic (exact) mass is 446 g/mol. The van der Waals surface area contributed by atoms with Crippen LogP contribution in [0.1, 0.15) is 28.6 Å². The van der Waals surface area contributed by atoms with E-state index in [-0.39, 0.29) is 12.5 Å². The SMILES string of the molecule is Cc1onc(-c2ccccc2Cl)c1C(=O)NCC(C)(O)c1ccc(-c2ccccc2)cc1. The molecule has 0 bridgehead atoms. The molecular weight excluding hydrogens is 424 g/mol. The lowest BCUT2D eigenvalue weighted by Crippen LogP contribution is -2.38. The van der Waals surface area contributed by atoms with Gasteiger partial charge < -0.3 is 14.9 Å². The number of aryl methyl sites for hydroxylation is 1. The first-order chi connectivity index (χ1) is 15.4. The second-order valence-electron chi connectivity index (χ2n) is 7.84. The summed E-state index contributed by atoms with van der Waals surface area (Å²) in [5.74, 6) is -0.0101. The number of aromatic nitrogens is 1. The topological polar surface area (TPSA) is 75.4 Å². The van der Waals surface area contributed by atoms with Crippen molar-refractivity contribution in [3.8, 4) is 22.4 Å². The molecule has 5 nitrogen and oxygen atoms in total. The van der Waals surface area contributed by atoms with Crippen LogP contribution in [0.15, 0.2) is 83.4 Å². The van der Waals surface area contributed by atoms with E-state index in [1.54, 1.807) is 32.0 Å². The molecule has 4 aromatic rings. The number of hydrogen-bond donors (Lipinski definition) is 2. The third kappa shape index (κ3) is 4.44. The summed E-state index contributed by atoms with van der Waals surface area (Å²) in [7, 11) is 0. The van der Waals surface area contributed by atoms with Gasteiger partial charge >= 0.3 is 0 Å². The maximum atomic E-state index is 13.0. The summed E-state index contributed by atoms with van der Waals surface area (Å²) in [5.41, 5.74) is 2.87. The maximum Gasteiger partial charge on any atom is 0.257 e. The number of nitrogens with zero attached hydrogens (tertiary/aromatic N) is 1. The second-order valence-corrected chi connectivity index (χ2v) is 8.25. The Morgan fingerprint density at radius 2 is 1.62 bits per heavy atom. The lowest BCUT2D eigenvalue weighted by molar-refractivity contribution is 0.0526. The zero-order valence-corrected chi connectivity index (χ0v) is 18.6. The smallest absolute Gasteiger partial charge is 0.257 e. The van der Waals surface area contributed by atoms with Crippen LogP contribution in [0.2, 0.25) is 5.02 Å². The minimum absolute atomic E-state index is 0.0170. The number of benzene rings is 3. The Hall–Kier alpha value is -3.41. The van der Waals surface area contributed by atoms with Crippen LogP contribution in [0, 0.1) is 6.92 Å². The van der Waals surface area contributed by atoms with Crippen molar-refractivity contribution in [3.63, 3.8) is 0 Å². The van der Waals surface area contributed by atoms with E-state index in [1.807, 2.05) is 60.7 Å². The predicted octanol–water partition coefficient (Wildman–Crippen LogP) is 5.61. The number of halogens is 1. The van der Waals surface area contributed by atoms with Crippen molar-refractivity contribution < 1.29 is 14.4 Å². The van der Waals surface area contributed by atoms with Crippen molar-refractivity contribution in [2.75, 3.05) is 6.54 Å². The normalized spacial score (nSPS) is 12.9. The molecule has 32 heavy (non-hydrogen) atoms. The molecule has 0 spiro atoms. The third-order valence-corrected chi connectivity index (χ3v) is 5.76. The van der Waals surface area contributed by atoms with Crippen LogP contribution >= 0.6 is 11.6 Å². The van der Waals surface area contributed by atoms with Gasteiger partial charge in [0.25, 0.3) is 5.91 Å². The number of hydrogen-bond acceptors (Lipinski definition) is 4. The van der Waals surface area contributed by atoms with Crippen LogP contribution < -0.4 is 5.32 Å². The van der Waals surface area contributed by atoms with Crippen molar-refractivity contribution in [1.82, 2.24) is 10.5 Å². The van der Waals surface area contributed by atoms with Crippen LogP contribution in [-0.4, -0.2) is 22.7 Å². The van der Waals surface area contributed by atoms with Gasteiger partial charge in [-0.25, -0.2) is 0 Å². The average Bonchev–Trinajstić information content (AvgIpc) is 3.19. The first-order valence-corrected chi connectivity index (χ1v) is 10.6. The minimum atomic E-state index is -1.26. The fourth-order valence-electron chi connectivity index (χ4n) is 3.57. The molecule has 0 aliphatic carbocycles. The van der Waals surface area contributed by atoms with E-state index >= 15 is 0 Å². The lowest BCUT2D eigenvalue weighted by Gasteiger charge is -2.24. The van der Waals surface area contributed by atoms with E-state index < -0.39 is 5.60 Å². The highest BCUT2D eigenvalue weighted by Crippen LogP contribution is 2.31. The summed E-state index contributed by atoms with van der Waals surface area (Å²) in [4.78, 5) is 13.0. The standard InChI is InChI=1S/C26H23ClN2O3/c1-17-23(24(29-32-17)21-10-6-7-11-22(21)27)25(30)28-16-26(2,31)20-14-12-19(13-15-20)18-8-4-3-5-9-18/h3-15,31H,16H2,1-2H3,(H,28,30). The second kappa shape index (κ2) is 8.99. The fourth-order valence-corrected chi connectivity index (χ4v) is 3.80. The van der Waals surface area contributed by atoms with Gasteiger partial charge in [0.2, 0.25) is 0 Å². The highest BCUT2D eigenvalue weighted by atomic mass is 35.5. The summed E-state index contributed by atoms with van der Waals surface area (Å²) in [5, 5.41) is 18.3. The van der Waals surface area contributed by atoms with Crippen molar-refractivity contribution in [2.45, 2.75) is 19.4 Å². The van der Waals surface area contributed by atoms with Crippen LogP contribution in [0.3, 0.4) is 0 Å². The van der Waals surface area contributed by atoms with Crippen LogP contribution in [0.25, 0.3) is 22.4 Å². The molecule has 3 aromatic carbocycles. The molecular formula is C26H23ClN2O3. The van der Waals surface area contributed by atoms with Gasteiger partial charge in [0.15, 0.2) is 0 Å². The molecule has 162 valence electrons. The van der Waals surface area contributed by atoms with E-state index in [0.29, 0.717) is 33.2 Å². The largest absolute Gasteiger partial charge is 0.384 e. The van der Waals surface area contributed by atoms with Gasteiger partial charge in [0.05, 0.1) is 11.6 Å². The summed E-state index contributed by atoms with van der Waals surface area (Å²) < 4.78 is 5.27. The molecule has 4 rings (SSSR count). The Morgan fingerprint density at radius 1 is 1.00 bits per heavy atom.